The number of rotatable bonds is 5. The van der Waals surface area contributed by atoms with E-state index in [-0.39, 0.29) is 17.7 Å². The zero-order valence-corrected chi connectivity index (χ0v) is 13.9. The predicted molar refractivity (Wildman–Crippen MR) is 89.0 cm³/mol. The second-order valence-electron chi connectivity index (χ2n) is 5.79. The first-order chi connectivity index (χ1) is 10.9. The Balaban J connectivity index is 1.99. The number of carbonyl (C=O) groups excluding carboxylic acids is 2. The summed E-state index contributed by atoms with van der Waals surface area (Å²) in [4.78, 5) is 23.9. The SMILES string of the molecule is Cc1c(C(=O)NCc2cccc(NC(=O)C(C)C)c2)cnn1C. The van der Waals surface area contributed by atoms with Gasteiger partial charge in [-0.25, -0.2) is 0 Å². The average Bonchev–Trinajstić information content (AvgIpc) is 2.85. The zero-order chi connectivity index (χ0) is 17.0. The van der Waals surface area contributed by atoms with E-state index in [1.165, 1.54) is 0 Å². The highest BCUT2D eigenvalue weighted by atomic mass is 16.2. The van der Waals surface area contributed by atoms with Crippen LogP contribution in [0.5, 0.6) is 0 Å². The van der Waals surface area contributed by atoms with Crippen LogP contribution in [-0.4, -0.2) is 21.6 Å². The van der Waals surface area contributed by atoms with Gasteiger partial charge >= 0.3 is 0 Å². The molecule has 1 aromatic heterocycles. The van der Waals surface area contributed by atoms with Gasteiger partial charge in [0.25, 0.3) is 5.91 Å². The molecule has 2 amide bonds. The minimum atomic E-state index is -0.160. The molecule has 1 heterocycles. The predicted octanol–water partition coefficient (Wildman–Crippen LogP) is 2.25. The molecule has 0 radical (unpaired) electrons. The first-order valence-electron chi connectivity index (χ1n) is 7.55. The Bertz CT molecular complexity index is 719. The molecule has 0 fully saturated rings. The average molecular weight is 314 g/mol. The Morgan fingerprint density at radius 2 is 2.04 bits per heavy atom. The first-order valence-corrected chi connectivity index (χ1v) is 7.55. The summed E-state index contributed by atoms with van der Waals surface area (Å²) in [6.07, 6.45) is 1.56. The van der Waals surface area contributed by atoms with Crippen LogP contribution in [0.25, 0.3) is 0 Å². The smallest absolute Gasteiger partial charge is 0.255 e. The van der Waals surface area contributed by atoms with Gasteiger partial charge in [-0.1, -0.05) is 26.0 Å². The summed E-state index contributed by atoms with van der Waals surface area (Å²) >= 11 is 0. The number of aryl methyl sites for hydroxylation is 1. The molecule has 2 N–H and O–H groups in total. The summed E-state index contributed by atoms with van der Waals surface area (Å²) in [5, 5.41) is 9.78. The fraction of sp³-hybridized carbons (Fsp3) is 0.353. The van der Waals surface area contributed by atoms with Gasteiger partial charge in [-0.2, -0.15) is 5.10 Å². The minimum absolute atomic E-state index is 0.0304. The molecule has 1 aromatic carbocycles. The number of nitrogens with zero attached hydrogens (tertiary/aromatic N) is 2. The van der Waals surface area contributed by atoms with Gasteiger partial charge in [-0.15, -0.1) is 0 Å². The van der Waals surface area contributed by atoms with Gasteiger partial charge in [-0.05, 0) is 24.6 Å². The van der Waals surface area contributed by atoms with Crippen molar-refractivity contribution in [1.29, 1.82) is 0 Å². The molecule has 0 aliphatic carbocycles. The Hall–Kier alpha value is -2.63. The Kier molecular flexibility index (Phi) is 5.16. The molecule has 2 rings (SSSR count). The van der Waals surface area contributed by atoms with Crippen molar-refractivity contribution in [2.45, 2.75) is 27.3 Å². The molecule has 0 bridgehead atoms. The van der Waals surface area contributed by atoms with E-state index >= 15 is 0 Å². The molecule has 2 aromatic rings. The summed E-state index contributed by atoms with van der Waals surface area (Å²) in [6.45, 7) is 5.92. The molecule has 6 nitrogen and oxygen atoms in total. The minimum Gasteiger partial charge on any atom is -0.348 e. The first kappa shape index (κ1) is 16.7. The van der Waals surface area contributed by atoms with Crippen molar-refractivity contribution in [3.8, 4) is 0 Å². The van der Waals surface area contributed by atoms with Crippen molar-refractivity contribution >= 4 is 17.5 Å². The van der Waals surface area contributed by atoms with Crippen LogP contribution in [0, 0.1) is 12.8 Å². The third kappa shape index (κ3) is 4.18. The summed E-state index contributed by atoms with van der Waals surface area (Å²) < 4.78 is 1.66. The topological polar surface area (TPSA) is 76.0 Å². The quantitative estimate of drug-likeness (QED) is 0.889. The van der Waals surface area contributed by atoms with Gasteiger partial charge < -0.3 is 10.6 Å². The molecule has 0 atom stereocenters. The molecule has 0 spiro atoms. The van der Waals surface area contributed by atoms with Crippen LogP contribution < -0.4 is 10.6 Å². The number of hydrogen-bond donors (Lipinski definition) is 2. The fourth-order valence-electron chi connectivity index (χ4n) is 2.04. The van der Waals surface area contributed by atoms with E-state index in [1.54, 1.807) is 17.9 Å². The molecule has 122 valence electrons. The highest BCUT2D eigenvalue weighted by Gasteiger charge is 2.12. The van der Waals surface area contributed by atoms with E-state index in [4.69, 9.17) is 0 Å². The van der Waals surface area contributed by atoms with Crippen molar-refractivity contribution in [3.63, 3.8) is 0 Å². The summed E-state index contributed by atoms with van der Waals surface area (Å²) in [7, 11) is 1.80. The summed E-state index contributed by atoms with van der Waals surface area (Å²) in [5.41, 5.74) is 3.03. The maximum atomic E-state index is 12.2. The van der Waals surface area contributed by atoms with Crippen LogP contribution in [0.15, 0.2) is 30.5 Å². The molecule has 0 unspecified atom stereocenters. The number of amides is 2. The second-order valence-corrected chi connectivity index (χ2v) is 5.79. The van der Waals surface area contributed by atoms with Crippen molar-refractivity contribution in [2.24, 2.45) is 13.0 Å². The third-order valence-corrected chi connectivity index (χ3v) is 3.65. The van der Waals surface area contributed by atoms with Gasteiger partial charge in [0.1, 0.15) is 0 Å². The maximum Gasteiger partial charge on any atom is 0.255 e. The molecule has 0 saturated heterocycles. The van der Waals surface area contributed by atoms with E-state index in [2.05, 4.69) is 15.7 Å². The normalized spacial score (nSPS) is 10.7. The Labute approximate surface area is 135 Å². The monoisotopic (exact) mass is 314 g/mol. The van der Waals surface area contributed by atoms with Crippen molar-refractivity contribution in [1.82, 2.24) is 15.1 Å². The molecule has 0 aliphatic heterocycles. The number of carbonyl (C=O) groups is 2. The summed E-state index contributed by atoms with van der Waals surface area (Å²) in [6, 6.07) is 7.45. The largest absolute Gasteiger partial charge is 0.348 e. The van der Waals surface area contributed by atoms with E-state index in [9.17, 15) is 9.59 Å². The molecule has 6 heteroatoms. The van der Waals surface area contributed by atoms with Gasteiger partial charge in [0.05, 0.1) is 11.8 Å². The van der Waals surface area contributed by atoms with Crippen LogP contribution in [-0.2, 0) is 18.4 Å². The number of hydrogen-bond acceptors (Lipinski definition) is 3. The number of nitrogens with one attached hydrogen (secondary N) is 2. The fourth-order valence-corrected chi connectivity index (χ4v) is 2.04. The van der Waals surface area contributed by atoms with Crippen LogP contribution in [0.3, 0.4) is 0 Å². The molecular formula is C17H22N4O2. The lowest BCUT2D eigenvalue weighted by molar-refractivity contribution is -0.118. The Morgan fingerprint density at radius 1 is 1.30 bits per heavy atom. The van der Waals surface area contributed by atoms with Gasteiger partial charge in [-0.3, -0.25) is 14.3 Å². The van der Waals surface area contributed by atoms with Crippen LogP contribution >= 0.6 is 0 Å². The highest BCUT2D eigenvalue weighted by Crippen LogP contribution is 2.12. The molecule has 0 saturated carbocycles. The summed E-state index contributed by atoms with van der Waals surface area (Å²) in [5.74, 6) is -0.267. The van der Waals surface area contributed by atoms with E-state index < -0.39 is 0 Å². The van der Waals surface area contributed by atoms with E-state index in [1.807, 2.05) is 45.0 Å². The van der Waals surface area contributed by atoms with E-state index in [0.717, 1.165) is 16.9 Å². The number of benzene rings is 1. The van der Waals surface area contributed by atoms with Gasteiger partial charge in [0.2, 0.25) is 5.91 Å². The lowest BCUT2D eigenvalue weighted by Gasteiger charge is -2.10. The van der Waals surface area contributed by atoms with E-state index in [0.29, 0.717) is 12.1 Å². The van der Waals surface area contributed by atoms with Crippen molar-refractivity contribution in [2.75, 3.05) is 5.32 Å². The number of aromatic nitrogens is 2. The van der Waals surface area contributed by atoms with Crippen LogP contribution in [0.4, 0.5) is 5.69 Å². The lowest BCUT2D eigenvalue weighted by atomic mass is 10.1. The van der Waals surface area contributed by atoms with Crippen molar-refractivity contribution < 1.29 is 9.59 Å². The zero-order valence-electron chi connectivity index (χ0n) is 13.9. The van der Waals surface area contributed by atoms with Crippen molar-refractivity contribution in [3.05, 3.63) is 47.3 Å². The molecular weight excluding hydrogens is 292 g/mol. The molecule has 0 aliphatic rings. The maximum absolute atomic E-state index is 12.2. The van der Waals surface area contributed by atoms with Gasteiger partial charge in [0, 0.05) is 30.9 Å². The standard InChI is InChI=1S/C17H22N4O2/c1-11(2)16(22)20-14-7-5-6-13(8-14)9-18-17(23)15-10-19-21(4)12(15)3/h5-8,10-11H,9H2,1-4H3,(H,18,23)(H,20,22). The molecule has 23 heavy (non-hydrogen) atoms. The Morgan fingerprint density at radius 3 is 2.65 bits per heavy atom. The highest BCUT2D eigenvalue weighted by molar-refractivity contribution is 5.95. The van der Waals surface area contributed by atoms with Crippen LogP contribution in [0.1, 0.15) is 35.5 Å². The van der Waals surface area contributed by atoms with Gasteiger partial charge in [0.15, 0.2) is 0 Å². The third-order valence-electron chi connectivity index (χ3n) is 3.65. The lowest BCUT2D eigenvalue weighted by Crippen LogP contribution is -2.23. The van der Waals surface area contributed by atoms with Crippen LogP contribution in [0.2, 0.25) is 0 Å². The number of anilines is 1. The second kappa shape index (κ2) is 7.09.